The number of benzene rings is 1. The summed E-state index contributed by atoms with van der Waals surface area (Å²) in [4.78, 5) is 8.05. The Morgan fingerprint density at radius 3 is 2.60 bits per heavy atom. The number of hydrogen-bond donors (Lipinski definition) is 1. The maximum absolute atomic E-state index is 5.79. The third-order valence-corrected chi connectivity index (χ3v) is 2.82. The van der Waals surface area contributed by atoms with Crippen LogP contribution in [0.3, 0.4) is 0 Å². The Labute approximate surface area is 106 Å². The van der Waals surface area contributed by atoms with Gasteiger partial charge in [-0.1, -0.05) is 11.6 Å². The fraction of sp³-hybridized carbons (Fsp3) is 0. The minimum atomic E-state index is 0.720. The van der Waals surface area contributed by atoms with Crippen LogP contribution in [0.5, 0.6) is 0 Å². The van der Waals surface area contributed by atoms with Crippen molar-refractivity contribution in [3.8, 4) is 0 Å². The molecule has 2 aromatic rings. The number of hydrogen-bond acceptors (Lipinski definition) is 3. The zero-order valence-electron chi connectivity index (χ0n) is 7.61. The van der Waals surface area contributed by atoms with E-state index in [0.29, 0.717) is 0 Å². The summed E-state index contributed by atoms with van der Waals surface area (Å²) in [5, 5.41) is 3.90. The maximum atomic E-state index is 5.79. The standard InChI is InChI=1S/C10H7ClIN3/c11-7-1-3-8(4-2-7)15-10-9(12)5-13-6-14-10/h1-6H,(H,13,14,15). The van der Waals surface area contributed by atoms with Crippen molar-refractivity contribution < 1.29 is 0 Å². The lowest BCUT2D eigenvalue weighted by molar-refractivity contribution is 1.15. The van der Waals surface area contributed by atoms with Crippen molar-refractivity contribution in [3.63, 3.8) is 0 Å². The summed E-state index contributed by atoms with van der Waals surface area (Å²) in [7, 11) is 0. The molecule has 2 rings (SSSR count). The van der Waals surface area contributed by atoms with E-state index in [1.807, 2.05) is 24.3 Å². The molecule has 0 fully saturated rings. The second-order valence-corrected chi connectivity index (χ2v) is 4.45. The SMILES string of the molecule is Clc1ccc(Nc2ncncc2I)cc1. The number of rotatable bonds is 2. The van der Waals surface area contributed by atoms with E-state index in [9.17, 15) is 0 Å². The Kier molecular flexibility index (Phi) is 3.37. The van der Waals surface area contributed by atoms with Gasteiger partial charge in [-0.3, -0.25) is 0 Å². The van der Waals surface area contributed by atoms with Crippen LogP contribution >= 0.6 is 34.2 Å². The Morgan fingerprint density at radius 1 is 1.20 bits per heavy atom. The molecule has 1 heterocycles. The minimum absolute atomic E-state index is 0.720. The number of nitrogens with zero attached hydrogens (tertiary/aromatic N) is 2. The van der Waals surface area contributed by atoms with Gasteiger partial charge < -0.3 is 5.32 Å². The Balaban J connectivity index is 2.22. The van der Waals surface area contributed by atoms with Gasteiger partial charge in [0.15, 0.2) is 0 Å². The molecule has 1 aromatic carbocycles. The molecule has 76 valence electrons. The average molecular weight is 332 g/mol. The first kappa shape index (κ1) is 10.6. The lowest BCUT2D eigenvalue weighted by Crippen LogP contribution is -1.96. The monoisotopic (exact) mass is 331 g/mol. The lowest BCUT2D eigenvalue weighted by Gasteiger charge is -2.06. The summed E-state index contributed by atoms with van der Waals surface area (Å²) in [5.74, 6) is 0.799. The molecule has 0 aliphatic heterocycles. The smallest absolute Gasteiger partial charge is 0.147 e. The van der Waals surface area contributed by atoms with E-state index in [2.05, 4.69) is 37.9 Å². The van der Waals surface area contributed by atoms with Crippen LogP contribution in [0.1, 0.15) is 0 Å². The highest BCUT2D eigenvalue weighted by molar-refractivity contribution is 14.1. The molecule has 0 amide bonds. The fourth-order valence-corrected chi connectivity index (χ4v) is 1.64. The molecule has 0 aliphatic rings. The van der Waals surface area contributed by atoms with E-state index in [1.54, 1.807) is 6.20 Å². The highest BCUT2D eigenvalue weighted by atomic mass is 127. The van der Waals surface area contributed by atoms with Crippen LogP contribution < -0.4 is 5.32 Å². The van der Waals surface area contributed by atoms with Crippen LogP contribution in [0.4, 0.5) is 11.5 Å². The van der Waals surface area contributed by atoms with E-state index in [4.69, 9.17) is 11.6 Å². The van der Waals surface area contributed by atoms with Crippen LogP contribution in [0.15, 0.2) is 36.8 Å². The third kappa shape index (κ3) is 2.79. The average Bonchev–Trinajstić information content (AvgIpc) is 2.25. The summed E-state index contributed by atoms with van der Waals surface area (Å²) in [6.07, 6.45) is 3.27. The van der Waals surface area contributed by atoms with Crippen molar-refractivity contribution >= 4 is 45.7 Å². The number of nitrogens with one attached hydrogen (secondary N) is 1. The fourth-order valence-electron chi connectivity index (χ4n) is 1.07. The molecule has 0 saturated heterocycles. The topological polar surface area (TPSA) is 37.8 Å². The van der Waals surface area contributed by atoms with E-state index in [-0.39, 0.29) is 0 Å². The molecular formula is C10H7ClIN3. The van der Waals surface area contributed by atoms with Crippen LogP contribution in [-0.4, -0.2) is 9.97 Å². The van der Waals surface area contributed by atoms with Gasteiger partial charge in [-0.05, 0) is 46.9 Å². The molecule has 0 bridgehead atoms. The maximum Gasteiger partial charge on any atom is 0.147 e. The minimum Gasteiger partial charge on any atom is -0.339 e. The zero-order chi connectivity index (χ0) is 10.7. The molecule has 0 saturated carbocycles. The second-order valence-electron chi connectivity index (χ2n) is 2.85. The van der Waals surface area contributed by atoms with Gasteiger partial charge in [-0.2, -0.15) is 0 Å². The van der Waals surface area contributed by atoms with Crippen molar-refractivity contribution in [3.05, 3.63) is 45.4 Å². The molecule has 0 unspecified atom stereocenters. The Bertz CT molecular complexity index is 458. The quantitative estimate of drug-likeness (QED) is 0.856. The third-order valence-electron chi connectivity index (χ3n) is 1.77. The van der Waals surface area contributed by atoms with Gasteiger partial charge in [0.2, 0.25) is 0 Å². The number of anilines is 2. The van der Waals surface area contributed by atoms with Crippen molar-refractivity contribution in [1.29, 1.82) is 0 Å². The largest absolute Gasteiger partial charge is 0.339 e. The molecule has 3 nitrogen and oxygen atoms in total. The first-order chi connectivity index (χ1) is 7.25. The van der Waals surface area contributed by atoms with Gasteiger partial charge in [-0.15, -0.1) is 0 Å². The van der Waals surface area contributed by atoms with Crippen molar-refractivity contribution in [2.24, 2.45) is 0 Å². The van der Waals surface area contributed by atoms with Gasteiger partial charge in [0.05, 0.1) is 3.57 Å². The molecule has 0 spiro atoms. The van der Waals surface area contributed by atoms with Gasteiger partial charge in [0, 0.05) is 16.9 Å². The molecule has 15 heavy (non-hydrogen) atoms. The summed E-state index contributed by atoms with van der Waals surface area (Å²) < 4.78 is 0.977. The zero-order valence-corrected chi connectivity index (χ0v) is 10.5. The second kappa shape index (κ2) is 4.76. The normalized spacial score (nSPS) is 10.0. The molecule has 1 N–H and O–H groups in total. The summed E-state index contributed by atoms with van der Waals surface area (Å²) in [5.41, 5.74) is 0.955. The van der Waals surface area contributed by atoms with Crippen LogP contribution in [0.2, 0.25) is 5.02 Å². The first-order valence-electron chi connectivity index (χ1n) is 4.24. The highest BCUT2D eigenvalue weighted by Gasteiger charge is 2.00. The van der Waals surface area contributed by atoms with E-state index in [1.165, 1.54) is 6.33 Å². The van der Waals surface area contributed by atoms with E-state index >= 15 is 0 Å². The predicted molar refractivity (Wildman–Crippen MR) is 69.5 cm³/mol. The molecule has 0 atom stereocenters. The lowest BCUT2D eigenvalue weighted by atomic mass is 10.3. The van der Waals surface area contributed by atoms with E-state index < -0.39 is 0 Å². The van der Waals surface area contributed by atoms with Crippen LogP contribution in [0.25, 0.3) is 0 Å². The summed E-state index contributed by atoms with van der Waals surface area (Å²) in [6, 6.07) is 7.47. The van der Waals surface area contributed by atoms with Crippen molar-refractivity contribution in [2.75, 3.05) is 5.32 Å². The Hall–Kier alpha value is -0.880. The number of halogens is 2. The van der Waals surface area contributed by atoms with Crippen molar-refractivity contribution in [1.82, 2.24) is 9.97 Å². The molecular weight excluding hydrogens is 324 g/mol. The molecule has 0 radical (unpaired) electrons. The summed E-state index contributed by atoms with van der Waals surface area (Å²) >= 11 is 7.97. The van der Waals surface area contributed by atoms with Crippen molar-refractivity contribution in [2.45, 2.75) is 0 Å². The van der Waals surface area contributed by atoms with Gasteiger partial charge in [0.25, 0.3) is 0 Å². The van der Waals surface area contributed by atoms with Gasteiger partial charge >= 0.3 is 0 Å². The molecule has 1 aromatic heterocycles. The highest BCUT2D eigenvalue weighted by Crippen LogP contribution is 2.20. The van der Waals surface area contributed by atoms with Crippen LogP contribution in [0, 0.1) is 3.57 Å². The molecule has 0 aliphatic carbocycles. The summed E-state index contributed by atoms with van der Waals surface area (Å²) in [6.45, 7) is 0. The predicted octanol–water partition coefficient (Wildman–Crippen LogP) is 3.48. The van der Waals surface area contributed by atoms with Gasteiger partial charge in [-0.25, -0.2) is 9.97 Å². The number of aromatic nitrogens is 2. The first-order valence-corrected chi connectivity index (χ1v) is 5.69. The molecule has 5 heteroatoms. The van der Waals surface area contributed by atoms with E-state index in [0.717, 1.165) is 20.1 Å². The Morgan fingerprint density at radius 2 is 1.93 bits per heavy atom. The van der Waals surface area contributed by atoms with Gasteiger partial charge in [0.1, 0.15) is 12.1 Å². The van der Waals surface area contributed by atoms with Crippen LogP contribution in [-0.2, 0) is 0 Å².